The second-order valence-corrected chi connectivity index (χ2v) is 4.58. The first-order valence-electron chi connectivity index (χ1n) is 6.15. The fourth-order valence-corrected chi connectivity index (χ4v) is 1.84. The van der Waals surface area contributed by atoms with E-state index in [1.165, 1.54) is 6.07 Å². The molecule has 0 aliphatic rings. The molecule has 3 nitrogen and oxygen atoms in total. The lowest BCUT2D eigenvalue weighted by Gasteiger charge is -2.19. The van der Waals surface area contributed by atoms with Crippen LogP contribution in [0.4, 0.5) is 17.6 Å². The van der Waals surface area contributed by atoms with Crippen LogP contribution < -0.4 is 11.3 Å². The predicted molar refractivity (Wildman–Crippen MR) is 67.2 cm³/mol. The summed E-state index contributed by atoms with van der Waals surface area (Å²) in [5, 5.41) is 0. The molecule has 20 heavy (non-hydrogen) atoms. The minimum Gasteiger partial charge on any atom is -0.382 e. The van der Waals surface area contributed by atoms with Crippen molar-refractivity contribution in [1.82, 2.24) is 5.43 Å². The Kier molecular flexibility index (Phi) is 5.91. The van der Waals surface area contributed by atoms with Gasteiger partial charge in [0.1, 0.15) is 5.82 Å². The molecule has 0 bridgehead atoms. The summed E-state index contributed by atoms with van der Waals surface area (Å²) in [6.07, 6.45) is -3.53. The number of nitrogens with one attached hydrogen (secondary N) is 1. The van der Waals surface area contributed by atoms with Crippen molar-refractivity contribution in [2.45, 2.75) is 38.1 Å². The molecule has 0 radical (unpaired) electrons. The molecule has 7 heteroatoms. The molecule has 3 N–H and O–H groups in total. The summed E-state index contributed by atoms with van der Waals surface area (Å²) in [6.45, 7) is 1.86. The van der Waals surface area contributed by atoms with Crippen LogP contribution in [0.3, 0.4) is 0 Å². The van der Waals surface area contributed by atoms with Gasteiger partial charge in [-0.3, -0.25) is 11.3 Å². The van der Waals surface area contributed by atoms with Crippen molar-refractivity contribution in [3.05, 3.63) is 35.1 Å². The van der Waals surface area contributed by atoms with E-state index in [4.69, 9.17) is 10.6 Å². The Hall–Kier alpha value is -1.18. The number of hydrazine groups is 1. The van der Waals surface area contributed by atoms with Crippen molar-refractivity contribution in [1.29, 1.82) is 0 Å². The Morgan fingerprint density at radius 3 is 2.40 bits per heavy atom. The third-order valence-corrected chi connectivity index (χ3v) is 3.17. The molecular weight excluding hydrogens is 276 g/mol. The molecule has 0 amide bonds. The van der Waals surface area contributed by atoms with E-state index >= 15 is 0 Å². The molecule has 1 aromatic carbocycles. The summed E-state index contributed by atoms with van der Waals surface area (Å²) in [5.41, 5.74) is 1.58. The van der Waals surface area contributed by atoms with Crippen LogP contribution in [0.2, 0.25) is 0 Å². The molecular formula is C13H18F4N2O. The minimum atomic E-state index is -4.70. The zero-order valence-electron chi connectivity index (χ0n) is 11.3. The molecule has 2 unspecified atom stereocenters. The Morgan fingerprint density at radius 2 is 1.95 bits per heavy atom. The van der Waals surface area contributed by atoms with E-state index in [9.17, 15) is 17.6 Å². The fourth-order valence-electron chi connectivity index (χ4n) is 1.84. The Bertz CT molecular complexity index is 437. The van der Waals surface area contributed by atoms with Crippen LogP contribution >= 0.6 is 0 Å². The molecule has 1 aromatic rings. The standard InChI is InChI=1S/C13H18F4N2O/c1-8(20-2)3-6-12(19-18)9-4-5-10(11(14)7-9)13(15,16)17/h4-5,7-8,12,19H,3,6,18H2,1-2H3. The fraction of sp³-hybridized carbons (Fsp3) is 0.538. The molecule has 0 aliphatic carbocycles. The first kappa shape index (κ1) is 16.9. The largest absolute Gasteiger partial charge is 0.419 e. The number of alkyl halides is 3. The Labute approximate surface area is 115 Å². The predicted octanol–water partition coefficient (Wildman–Crippen LogP) is 3.16. The second kappa shape index (κ2) is 7.01. The highest BCUT2D eigenvalue weighted by atomic mass is 19.4. The van der Waals surface area contributed by atoms with Gasteiger partial charge in [0.2, 0.25) is 0 Å². The highest BCUT2D eigenvalue weighted by Crippen LogP contribution is 2.32. The van der Waals surface area contributed by atoms with Gasteiger partial charge in [0.05, 0.1) is 11.7 Å². The molecule has 1 rings (SSSR count). The molecule has 0 heterocycles. The number of hydrogen-bond acceptors (Lipinski definition) is 3. The zero-order valence-corrected chi connectivity index (χ0v) is 11.3. The number of nitrogens with two attached hydrogens (primary N) is 1. The van der Waals surface area contributed by atoms with Crippen LogP contribution in [0, 0.1) is 5.82 Å². The summed E-state index contributed by atoms with van der Waals surface area (Å²) in [7, 11) is 1.56. The van der Waals surface area contributed by atoms with Gasteiger partial charge < -0.3 is 4.74 Å². The number of halogens is 4. The number of methoxy groups -OCH3 is 1. The molecule has 2 atom stereocenters. The van der Waals surface area contributed by atoms with Crippen molar-refractivity contribution in [2.75, 3.05) is 7.11 Å². The van der Waals surface area contributed by atoms with Crippen molar-refractivity contribution in [2.24, 2.45) is 5.84 Å². The topological polar surface area (TPSA) is 47.3 Å². The van der Waals surface area contributed by atoms with Crippen LogP contribution in [-0.2, 0) is 10.9 Å². The summed E-state index contributed by atoms with van der Waals surface area (Å²) < 4.78 is 56.0. The number of hydrogen-bond donors (Lipinski definition) is 2. The Balaban J connectivity index is 2.87. The summed E-state index contributed by atoms with van der Waals surface area (Å²) in [6, 6.07) is 2.40. The van der Waals surface area contributed by atoms with Gasteiger partial charge in [0.15, 0.2) is 0 Å². The van der Waals surface area contributed by atoms with Crippen LogP contribution in [0.15, 0.2) is 18.2 Å². The lowest BCUT2D eigenvalue weighted by atomic mass is 9.99. The highest BCUT2D eigenvalue weighted by molar-refractivity contribution is 5.28. The molecule has 0 spiro atoms. The van der Waals surface area contributed by atoms with Crippen LogP contribution in [-0.4, -0.2) is 13.2 Å². The lowest BCUT2D eigenvalue weighted by Crippen LogP contribution is -2.29. The Morgan fingerprint density at radius 1 is 1.30 bits per heavy atom. The molecule has 114 valence electrons. The monoisotopic (exact) mass is 294 g/mol. The lowest BCUT2D eigenvalue weighted by molar-refractivity contribution is -0.140. The smallest absolute Gasteiger partial charge is 0.382 e. The maximum Gasteiger partial charge on any atom is 0.419 e. The molecule has 0 aliphatic heterocycles. The average molecular weight is 294 g/mol. The van der Waals surface area contributed by atoms with E-state index in [2.05, 4.69) is 5.43 Å². The number of benzene rings is 1. The van der Waals surface area contributed by atoms with E-state index < -0.39 is 23.6 Å². The van der Waals surface area contributed by atoms with Gasteiger partial charge in [-0.2, -0.15) is 13.2 Å². The number of ether oxygens (including phenoxy) is 1. The van der Waals surface area contributed by atoms with E-state index in [0.717, 1.165) is 12.1 Å². The third kappa shape index (κ3) is 4.43. The maximum atomic E-state index is 13.5. The number of rotatable bonds is 6. The molecule has 0 saturated carbocycles. The van der Waals surface area contributed by atoms with Gasteiger partial charge in [-0.1, -0.05) is 6.07 Å². The second-order valence-electron chi connectivity index (χ2n) is 4.58. The summed E-state index contributed by atoms with van der Waals surface area (Å²) in [4.78, 5) is 0. The van der Waals surface area contributed by atoms with Crippen LogP contribution in [0.25, 0.3) is 0 Å². The van der Waals surface area contributed by atoms with Gasteiger partial charge >= 0.3 is 6.18 Å². The van der Waals surface area contributed by atoms with Crippen LogP contribution in [0.5, 0.6) is 0 Å². The van der Waals surface area contributed by atoms with Gasteiger partial charge in [-0.05, 0) is 37.5 Å². The SMILES string of the molecule is COC(C)CCC(NN)c1ccc(C(F)(F)F)c(F)c1. The van der Waals surface area contributed by atoms with Crippen LogP contribution in [0.1, 0.15) is 36.9 Å². The zero-order chi connectivity index (χ0) is 15.3. The van der Waals surface area contributed by atoms with Gasteiger partial charge in [0.25, 0.3) is 0 Å². The van der Waals surface area contributed by atoms with E-state index in [1.54, 1.807) is 7.11 Å². The van der Waals surface area contributed by atoms with Crippen molar-refractivity contribution < 1.29 is 22.3 Å². The van der Waals surface area contributed by atoms with Gasteiger partial charge in [-0.15, -0.1) is 0 Å². The molecule has 0 aromatic heterocycles. The van der Waals surface area contributed by atoms with Gasteiger partial charge in [-0.25, -0.2) is 4.39 Å². The summed E-state index contributed by atoms with van der Waals surface area (Å²) >= 11 is 0. The van der Waals surface area contributed by atoms with Gasteiger partial charge in [0, 0.05) is 13.2 Å². The third-order valence-electron chi connectivity index (χ3n) is 3.17. The van der Waals surface area contributed by atoms with E-state index in [-0.39, 0.29) is 6.10 Å². The first-order chi connectivity index (χ1) is 9.29. The van der Waals surface area contributed by atoms with E-state index in [1.807, 2.05) is 6.92 Å². The normalized spacial score (nSPS) is 15.2. The average Bonchev–Trinajstić information content (AvgIpc) is 2.37. The highest BCUT2D eigenvalue weighted by Gasteiger charge is 2.34. The maximum absolute atomic E-state index is 13.5. The van der Waals surface area contributed by atoms with Crippen molar-refractivity contribution in [3.8, 4) is 0 Å². The van der Waals surface area contributed by atoms with Crippen molar-refractivity contribution in [3.63, 3.8) is 0 Å². The molecule has 0 fully saturated rings. The van der Waals surface area contributed by atoms with E-state index in [0.29, 0.717) is 18.4 Å². The summed E-state index contributed by atoms with van der Waals surface area (Å²) in [5.74, 6) is 4.07. The first-order valence-corrected chi connectivity index (χ1v) is 6.15. The van der Waals surface area contributed by atoms with Crippen molar-refractivity contribution >= 4 is 0 Å². The quantitative estimate of drug-likeness (QED) is 0.481. The molecule has 0 saturated heterocycles. The minimum absolute atomic E-state index is 0.00912.